The molecule has 0 atom stereocenters. The Hall–Kier alpha value is -2.74. The van der Waals surface area contributed by atoms with Gasteiger partial charge in [-0.05, 0) is 44.9 Å². The summed E-state index contributed by atoms with van der Waals surface area (Å²) in [6.45, 7) is 3.89. The van der Waals surface area contributed by atoms with Crippen molar-refractivity contribution in [3.05, 3.63) is 39.4 Å². The fourth-order valence-corrected chi connectivity index (χ4v) is 4.80. The van der Waals surface area contributed by atoms with Gasteiger partial charge in [-0.1, -0.05) is 18.0 Å². The van der Waals surface area contributed by atoms with Gasteiger partial charge in [0.2, 0.25) is 5.82 Å². The Labute approximate surface area is 159 Å². The molecule has 27 heavy (non-hydrogen) atoms. The van der Waals surface area contributed by atoms with Crippen molar-refractivity contribution in [2.24, 2.45) is 0 Å². The van der Waals surface area contributed by atoms with Crippen LogP contribution in [0.4, 0.5) is 0 Å². The minimum atomic E-state index is -0.0430. The summed E-state index contributed by atoms with van der Waals surface area (Å²) < 4.78 is 7.35. The summed E-state index contributed by atoms with van der Waals surface area (Å²) in [6.07, 6.45) is 4.50. The minimum absolute atomic E-state index is 0.0430. The summed E-state index contributed by atoms with van der Waals surface area (Å²) >= 11 is 1.54. The highest BCUT2D eigenvalue weighted by Gasteiger charge is 2.22. The first-order valence-corrected chi connectivity index (χ1v) is 9.94. The highest BCUT2D eigenvalue weighted by atomic mass is 32.1. The second-order valence-corrected chi connectivity index (χ2v) is 8.24. The maximum atomic E-state index is 12.5. The molecule has 0 bridgehead atoms. The molecule has 1 saturated carbocycles. The Kier molecular flexibility index (Phi) is 3.75. The lowest BCUT2D eigenvalue weighted by molar-refractivity contribution is 0.433. The Morgan fingerprint density at radius 3 is 2.78 bits per heavy atom. The predicted molar refractivity (Wildman–Crippen MR) is 104 cm³/mol. The number of aromatic nitrogens is 5. The first kappa shape index (κ1) is 16.4. The number of rotatable bonds is 3. The van der Waals surface area contributed by atoms with Gasteiger partial charge in [-0.2, -0.15) is 4.98 Å². The Morgan fingerprint density at radius 1 is 1.22 bits per heavy atom. The largest absolute Gasteiger partial charge is 0.333 e. The molecule has 1 fully saturated rings. The van der Waals surface area contributed by atoms with Crippen LogP contribution < -0.4 is 5.69 Å². The molecule has 1 aliphatic carbocycles. The average Bonchev–Trinajstić information content (AvgIpc) is 3.40. The third kappa shape index (κ3) is 2.71. The fraction of sp³-hybridized carbons (Fsp3) is 0.368. The number of imidazole rings is 1. The highest BCUT2D eigenvalue weighted by Crippen LogP contribution is 2.33. The fourth-order valence-electron chi connectivity index (χ4n) is 3.96. The summed E-state index contributed by atoms with van der Waals surface area (Å²) in [5.41, 5.74) is 3.41. The van der Waals surface area contributed by atoms with Gasteiger partial charge >= 0.3 is 5.69 Å². The number of hydrogen-bond donors (Lipinski definition) is 1. The first-order chi connectivity index (χ1) is 13.1. The third-order valence-electron chi connectivity index (χ3n) is 5.19. The molecule has 0 saturated heterocycles. The third-order valence-corrected chi connectivity index (χ3v) is 6.25. The Balaban J connectivity index is 1.54. The van der Waals surface area contributed by atoms with Crippen molar-refractivity contribution in [2.75, 3.05) is 0 Å². The van der Waals surface area contributed by atoms with Crippen LogP contribution in [0.2, 0.25) is 0 Å². The number of thiazole rings is 1. The van der Waals surface area contributed by atoms with Crippen molar-refractivity contribution in [1.29, 1.82) is 0 Å². The topological polar surface area (TPSA) is 89.6 Å². The summed E-state index contributed by atoms with van der Waals surface area (Å²) in [7, 11) is 0. The number of nitrogens with zero attached hydrogens (tertiary/aromatic N) is 4. The molecule has 1 N–H and O–H groups in total. The van der Waals surface area contributed by atoms with E-state index >= 15 is 0 Å². The van der Waals surface area contributed by atoms with E-state index in [-0.39, 0.29) is 5.69 Å². The molecule has 1 aliphatic rings. The van der Waals surface area contributed by atoms with Gasteiger partial charge in [0.25, 0.3) is 5.89 Å². The number of aryl methyl sites for hydroxylation is 2. The molecule has 0 radical (unpaired) electrons. The van der Waals surface area contributed by atoms with Gasteiger partial charge in [0.15, 0.2) is 0 Å². The highest BCUT2D eigenvalue weighted by molar-refractivity contribution is 7.15. The van der Waals surface area contributed by atoms with E-state index in [4.69, 9.17) is 4.52 Å². The van der Waals surface area contributed by atoms with Crippen LogP contribution in [0, 0.1) is 13.8 Å². The van der Waals surface area contributed by atoms with Gasteiger partial charge in [0.05, 0.1) is 21.7 Å². The first-order valence-electron chi connectivity index (χ1n) is 9.13. The molecular weight excluding hydrogens is 362 g/mol. The van der Waals surface area contributed by atoms with Gasteiger partial charge in [0, 0.05) is 11.6 Å². The zero-order chi connectivity index (χ0) is 18.5. The van der Waals surface area contributed by atoms with Crippen molar-refractivity contribution in [3.63, 3.8) is 0 Å². The van der Waals surface area contributed by atoms with Crippen LogP contribution >= 0.6 is 11.3 Å². The molecule has 5 rings (SSSR count). The summed E-state index contributed by atoms with van der Waals surface area (Å²) in [6, 6.07) is 6.13. The van der Waals surface area contributed by atoms with E-state index in [0.717, 1.165) is 45.0 Å². The van der Waals surface area contributed by atoms with Crippen molar-refractivity contribution in [2.45, 2.75) is 45.6 Å². The number of hydrogen-bond acceptors (Lipinski definition) is 6. The summed E-state index contributed by atoms with van der Waals surface area (Å²) in [5.74, 6) is 0.983. The van der Waals surface area contributed by atoms with Crippen molar-refractivity contribution in [3.8, 4) is 22.2 Å². The number of H-pyrrole nitrogens is 1. The van der Waals surface area contributed by atoms with Crippen LogP contribution in [0.5, 0.6) is 0 Å². The maximum Gasteiger partial charge on any atom is 0.326 e. The number of fused-ring (bicyclic) bond motifs is 1. The van der Waals surface area contributed by atoms with Gasteiger partial charge in [-0.15, -0.1) is 11.3 Å². The van der Waals surface area contributed by atoms with Gasteiger partial charge in [-0.25, -0.2) is 9.78 Å². The molecule has 0 aliphatic heterocycles. The second kappa shape index (κ2) is 6.16. The van der Waals surface area contributed by atoms with E-state index < -0.39 is 0 Å². The van der Waals surface area contributed by atoms with Crippen molar-refractivity contribution in [1.82, 2.24) is 24.7 Å². The lowest BCUT2D eigenvalue weighted by Crippen LogP contribution is -2.20. The Bertz CT molecular complexity index is 1190. The number of nitrogens with one attached hydrogen (secondary N) is 1. The molecule has 7 nitrogen and oxygen atoms in total. The zero-order valence-corrected chi connectivity index (χ0v) is 16.0. The van der Waals surface area contributed by atoms with E-state index in [1.807, 2.05) is 36.6 Å². The molecule has 3 heterocycles. The molecule has 1 aromatic carbocycles. The van der Waals surface area contributed by atoms with E-state index in [9.17, 15) is 4.79 Å². The quantitative estimate of drug-likeness (QED) is 0.573. The van der Waals surface area contributed by atoms with Crippen LogP contribution in [0.1, 0.15) is 42.4 Å². The van der Waals surface area contributed by atoms with Crippen LogP contribution in [0.15, 0.2) is 27.5 Å². The minimum Gasteiger partial charge on any atom is -0.333 e. The van der Waals surface area contributed by atoms with Crippen LogP contribution in [0.25, 0.3) is 33.2 Å². The van der Waals surface area contributed by atoms with Gasteiger partial charge in [0.1, 0.15) is 4.88 Å². The molecular formula is C19H19N5O2S. The van der Waals surface area contributed by atoms with E-state index in [1.165, 1.54) is 24.2 Å². The van der Waals surface area contributed by atoms with Gasteiger partial charge in [-0.3, -0.25) is 4.57 Å². The number of aromatic amines is 1. The number of benzene rings is 1. The molecule has 0 amide bonds. The van der Waals surface area contributed by atoms with Gasteiger partial charge < -0.3 is 9.51 Å². The predicted octanol–water partition coefficient (Wildman–Crippen LogP) is 4.24. The summed E-state index contributed by atoms with van der Waals surface area (Å²) in [5, 5.41) is 5.09. The maximum absolute atomic E-state index is 12.5. The molecule has 4 aromatic rings. The molecule has 0 spiro atoms. The van der Waals surface area contributed by atoms with E-state index in [1.54, 1.807) is 0 Å². The smallest absolute Gasteiger partial charge is 0.326 e. The lowest BCUT2D eigenvalue weighted by Gasteiger charge is -2.11. The average molecular weight is 381 g/mol. The molecule has 138 valence electrons. The van der Waals surface area contributed by atoms with Crippen LogP contribution in [-0.2, 0) is 0 Å². The normalized spacial score (nSPS) is 15.2. The molecule has 3 aromatic heterocycles. The van der Waals surface area contributed by atoms with Crippen molar-refractivity contribution < 1.29 is 4.52 Å². The van der Waals surface area contributed by atoms with Crippen LogP contribution in [0.3, 0.4) is 0 Å². The zero-order valence-electron chi connectivity index (χ0n) is 15.2. The standard InChI is InChI=1S/C19H19N5O2S/c1-10-16(27-11(2)20-10)18-22-17(23-26-18)12-7-8-15-14(9-12)21-19(25)24(15)13-5-3-4-6-13/h7-9,13H,3-6H2,1-2H3,(H,21,25). The Morgan fingerprint density at radius 2 is 2.04 bits per heavy atom. The second-order valence-electron chi connectivity index (χ2n) is 7.04. The van der Waals surface area contributed by atoms with E-state index in [2.05, 4.69) is 20.1 Å². The van der Waals surface area contributed by atoms with Crippen molar-refractivity contribution >= 4 is 22.4 Å². The molecule has 8 heteroatoms. The molecule has 0 unspecified atom stereocenters. The SMILES string of the molecule is Cc1nc(C)c(-c2nc(-c3ccc4c(c3)[nH]c(=O)n4C3CCCC3)no2)s1. The van der Waals surface area contributed by atoms with E-state index in [0.29, 0.717) is 17.8 Å². The lowest BCUT2D eigenvalue weighted by atomic mass is 10.1. The summed E-state index contributed by atoms with van der Waals surface area (Å²) in [4.78, 5) is 25.3. The van der Waals surface area contributed by atoms with Crippen LogP contribution in [-0.4, -0.2) is 24.7 Å². The monoisotopic (exact) mass is 381 g/mol.